The van der Waals surface area contributed by atoms with Crippen molar-refractivity contribution in [2.45, 2.75) is 24.8 Å². The van der Waals surface area contributed by atoms with Crippen molar-refractivity contribution in [3.05, 3.63) is 83.2 Å². The fourth-order valence-corrected chi connectivity index (χ4v) is 6.62. The minimum absolute atomic E-state index is 0.0186. The minimum atomic E-state index is -4.79. The molecule has 2 aliphatic heterocycles. The Bertz CT molecular complexity index is 1360. The molecule has 0 aromatic heterocycles. The smallest absolute Gasteiger partial charge is 0.418 e. The van der Waals surface area contributed by atoms with Crippen molar-refractivity contribution in [1.82, 2.24) is 0 Å². The number of benzene rings is 2. The van der Waals surface area contributed by atoms with Gasteiger partial charge in [-0.05, 0) is 24.1 Å². The molecule has 0 spiro atoms. The molecule has 2 unspecified atom stereocenters. The van der Waals surface area contributed by atoms with Gasteiger partial charge in [-0.25, -0.2) is 12.7 Å². The molecule has 0 fully saturated rings. The number of rotatable bonds is 3. The van der Waals surface area contributed by atoms with Crippen molar-refractivity contribution in [3.8, 4) is 11.5 Å². The molecule has 6 nitrogen and oxygen atoms in total. The van der Waals surface area contributed by atoms with Crippen molar-refractivity contribution in [1.29, 1.82) is 0 Å². The van der Waals surface area contributed by atoms with Crippen LogP contribution in [-0.4, -0.2) is 20.5 Å². The van der Waals surface area contributed by atoms with Gasteiger partial charge in [0.1, 0.15) is 11.1 Å². The molecule has 34 heavy (non-hydrogen) atoms. The number of ether oxygens (including phenoxy) is 2. The van der Waals surface area contributed by atoms with Crippen LogP contribution in [0, 0.1) is 5.92 Å². The average molecular weight is 491 g/mol. The third-order valence-corrected chi connectivity index (χ3v) is 8.25. The molecule has 5 rings (SSSR count). The highest BCUT2D eigenvalue weighted by Gasteiger charge is 2.48. The van der Waals surface area contributed by atoms with Gasteiger partial charge in [-0.2, -0.15) is 13.2 Å². The SMILES string of the molecule is CCc1ccc(C2=C(N)N(c3ccccc3C(F)(F)F)S(=O)(=O)C3C=CC=CC23)c2c1OCO2. The fraction of sp³-hybridized carbons (Fsp3) is 0.250. The summed E-state index contributed by atoms with van der Waals surface area (Å²) >= 11 is 0. The van der Waals surface area contributed by atoms with Crippen LogP contribution in [0.15, 0.2) is 66.5 Å². The van der Waals surface area contributed by atoms with Crippen molar-refractivity contribution in [3.63, 3.8) is 0 Å². The van der Waals surface area contributed by atoms with Crippen LogP contribution in [-0.2, 0) is 22.6 Å². The van der Waals surface area contributed by atoms with Gasteiger partial charge in [0.2, 0.25) is 16.8 Å². The molecule has 2 N–H and O–H groups in total. The van der Waals surface area contributed by atoms with E-state index in [9.17, 15) is 21.6 Å². The molecule has 0 saturated heterocycles. The molecule has 0 saturated carbocycles. The Hall–Kier alpha value is -3.40. The van der Waals surface area contributed by atoms with Crippen LogP contribution in [0.2, 0.25) is 0 Å². The van der Waals surface area contributed by atoms with E-state index in [1.807, 2.05) is 13.0 Å². The highest BCUT2D eigenvalue weighted by molar-refractivity contribution is 7.93. The van der Waals surface area contributed by atoms with E-state index in [2.05, 4.69) is 0 Å². The molecule has 3 aliphatic rings. The third-order valence-electron chi connectivity index (χ3n) is 6.21. The largest absolute Gasteiger partial charge is 0.453 e. The zero-order valence-corrected chi connectivity index (χ0v) is 18.9. The lowest BCUT2D eigenvalue weighted by Crippen LogP contribution is -2.49. The van der Waals surface area contributed by atoms with E-state index in [1.165, 1.54) is 18.2 Å². The van der Waals surface area contributed by atoms with Gasteiger partial charge in [0.25, 0.3) is 0 Å². The van der Waals surface area contributed by atoms with Gasteiger partial charge in [0.05, 0.1) is 11.3 Å². The van der Waals surface area contributed by atoms with Crippen molar-refractivity contribution in [2.24, 2.45) is 11.7 Å². The zero-order valence-electron chi connectivity index (χ0n) is 18.0. The van der Waals surface area contributed by atoms with Gasteiger partial charge in [-0.3, -0.25) is 0 Å². The summed E-state index contributed by atoms with van der Waals surface area (Å²) in [4.78, 5) is 0. The second-order valence-electron chi connectivity index (χ2n) is 8.07. The Morgan fingerprint density at radius 3 is 2.50 bits per heavy atom. The van der Waals surface area contributed by atoms with E-state index < -0.39 is 38.6 Å². The molecule has 2 aromatic rings. The van der Waals surface area contributed by atoms with E-state index in [-0.39, 0.29) is 12.6 Å². The van der Waals surface area contributed by atoms with Crippen LogP contribution in [0.1, 0.15) is 23.6 Å². The number of fused-ring (bicyclic) bond motifs is 2. The van der Waals surface area contributed by atoms with Crippen LogP contribution in [0.4, 0.5) is 18.9 Å². The Morgan fingerprint density at radius 1 is 1.06 bits per heavy atom. The lowest BCUT2D eigenvalue weighted by Gasteiger charge is -2.40. The second kappa shape index (κ2) is 7.83. The molecule has 178 valence electrons. The zero-order chi connectivity index (χ0) is 24.3. The van der Waals surface area contributed by atoms with Gasteiger partial charge >= 0.3 is 6.18 Å². The number of sulfonamides is 1. The molecule has 0 bridgehead atoms. The summed E-state index contributed by atoms with van der Waals surface area (Å²) in [6, 6.07) is 8.09. The van der Waals surface area contributed by atoms with Gasteiger partial charge in [-0.15, -0.1) is 0 Å². The predicted molar refractivity (Wildman–Crippen MR) is 121 cm³/mol. The number of halogens is 3. The highest BCUT2D eigenvalue weighted by atomic mass is 32.2. The summed E-state index contributed by atoms with van der Waals surface area (Å²) in [5, 5.41) is -1.15. The van der Waals surface area contributed by atoms with Crippen LogP contribution < -0.4 is 19.5 Å². The van der Waals surface area contributed by atoms with E-state index in [0.717, 1.165) is 17.7 Å². The van der Waals surface area contributed by atoms with Crippen LogP contribution in [0.25, 0.3) is 5.57 Å². The molecule has 10 heteroatoms. The van der Waals surface area contributed by atoms with E-state index in [4.69, 9.17) is 15.2 Å². The summed E-state index contributed by atoms with van der Waals surface area (Å²) in [5.41, 5.74) is 6.55. The maximum atomic E-state index is 13.9. The Kier molecular flexibility index (Phi) is 5.16. The van der Waals surface area contributed by atoms with E-state index in [1.54, 1.807) is 24.3 Å². The number of allylic oxidation sites excluding steroid dienone is 4. The van der Waals surface area contributed by atoms with Crippen molar-refractivity contribution >= 4 is 21.3 Å². The van der Waals surface area contributed by atoms with Crippen molar-refractivity contribution < 1.29 is 31.1 Å². The summed E-state index contributed by atoms with van der Waals surface area (Å²) in [7, 11) is -4.34. The quantitative estimate of drug-likeness (QED) is 0.681. The normalized spacial score (nSPS) is 22.8. The number of nitrogens with zero attached hydrogens (tertiary/aromatic N) is 1. The van der Waals surface area contributed by atoms with E-state index in [0.29, 0.717) is 33.4 Å². The molecule has 0 radical (unpaired) electrons. The highest BCUT2D eigenvalue weighted by Crippen LogP contribution is 2.50. The first-order chi connectivity index (χ1) is 16.2. The lowest BCUT2D eigenvalue weighted by atomic mass is 9.85. The first-order valence-electron chi connectivity index (χ1n) is 10.6. The second-order valence-corrected chi connectivity index (χ2v) is 10.0. The van der Waals surface area contributed by atoms with Gasteiger partial charge in [-0.1, -0.05) is 55.5 Å². The number of alkyl halides is 3. The minimum Gasteiger partial charge on any atom is -0.453 e. The monoisotopic (exact) mass is 490 g/mol. The fourth-order valence-electron chi connectivity index (χ4n) is 4.69. The summed E-state index contributed by atoms with van der Waals surface area (Å²) < 4.78 is 80.9. The Labute approximate surface area is 194 Å². The van der Waals surface area contributed by atoms with Crippen LogP contribution in [0.5, 0.6) is 11.5 Å². The molecule has 1 aliphatic carbocycles. The Balaban J connectivity index is 1.82. The van der Waals surface area contributed by atoms with Crippen LogP contribution in [0.3, 0.4) is 0 Å². The first-order valence-corrected chi connectivity index (χ1v) is 12.1. The van der Waals surface area contributed by atoms with E-state index >= 15 is 0 Å². The predicted octanol–water partition coefficient (Wildman–Crippen LogP) is 4.58. The maximum Gasteiger partial charge on any atom is 0.418 e. The first kappa shape index (κ1) is 22.4. The number of hydrogen-bond acceptors (Lipinski definition) is 5. The number of para-hydroxylation sites is 1. The third kappa shape index (κ3) is 3.27. The molecule has 0 amide bonds. The van der Waals surface area contributed by atoms with Gasteiger partial charge < -0.3 is 15.2 Å². The lowest BCUT2D eigenvalue weighted by molar-refractivity contribution is -0.137. The number of anilines is 1. The van der Waals surface area contributed by atoms with Crippen molar-refractivity contribution in [2.75, 3.05) is 11.1 Å². The summed E-state index contributed by atoms with van der Waals surface area (Å²) in [6.45, 7) is 1.94. The van der Waals surface area contributed by atoms with Gasteiger partial charge in [0, 0.05) is 17.1 Å². The number of hydrogen-bond donors (Lipinski definition) is 1. The summed E-state index contributed by atoms with van der Waals surface area (Å²) in [6.07, 6.45) is 2.31. The molecule has 2 atom stereocenters. The Morgan fingerprint density at radius 2 is 1.76 bits per heavy atom. The molecular weight excluding hydrogens is 469 g/mol. The standard InChI is InChI=1S/C24H21F3N2O4S/c1-2-14-11-12-16(22-21(14)32-13-33-22)20-15-7-3-6-10-19(15)34(30,31)29(23(20)28)18-9-5-4-8-17(18)24(25,26)27/h3-12,15,19H,2,13,28H2,1H3. The maximum absolute atomic E-state index is 13.9. The molecule has 2 aromatic carbocycles. The topological polar surface area (TPSA) is 81.9 Å². The molecular formula is C24H21F3N2O4S. The number of nitrogens with two attached hydrogens (primary N) is 1. The van der Waals surface area contributed by atoms with Crippen LogP contribution >= 0.6 is 0 Å². The molecule has 2 heterocycles. The van der Waals surface area contributed by atoms with Gasteiger partial charge in [0.15, 0.2) is 11.5 Å². The summed E-state index contributed by atoms with van der Waals surface area (Å²) in [5.74, 6) is -0.0878. The number of aryl methyl sites for hydroxylation is 1. The average Bonchev–Trinajstić information content (AvgIpc) is 3.29.